The summed E-state index contributed by atoms with van der Waals surface area (Å²) in [6.07, 6.45) is 5.79. The molecule has 2 heterocycles. The number of rotatable bonds is 8. The quantitative estimate of drug-likeness (QED) is 0.670. The molecule has 1 amide bonds. The molecule has 2 aromatic rings. The fraction of sp³-hybridized carbons (Fsp3) is 0.519. The number of ether oxygens (including phenoxy) is 2. The minimum absolute atomic E-state index is 0.184. The Morgan fingerprint density at radius 3 is 2.75 bits per heavy atom. The molecule has 0 bridgehead atoms. The maximum Gasteiger partial charge on any atom is 0.226 e. The molecule has 4 rings (SSSR count). The Morgan fingerprint density at radius 1 is 1.19 bits per heavy atom. The van der Waals surface area contributed by atoms with Crippen LogP contribution in [0.15, 0.2) is 48.5 Å². The second-order valence-corrected chi connectivity index (χ2v) is 9.29. The molecule has 2 aliphatic heterocycles. The third-order valence-corrected chi connectivity index (χ3v) is 7.25. The van der Waals surface area contributed by atoms with E-state index in [1.165, 1.54) is 24.9 Å². The minimum Gasteiger partial charge on any atom is -0.496 e. The molecule has 0 aromatic heterocycles. The topological polar surface area (TPSA) is 50.8 Å². The van der Waals surface area contributed by atoms with E-state index in [1.54, 1.807) is 7.11 Å². The zero-order chi connectivity index (χ0) is 22.4. The average molecular weight is 437 g/mol. The fourth-order valence-electron chi connectivity index (χ4n) is 5.25. The molecule has 0 radical (unpaired) electrons. The molecule has 0 unspecified atom stereocenters. The van der Waals surface area contributed by atoms with Crippen molar-refractivity contribution in [2.45, 2.75) is 44.6 Å². The Morgan fingerprint density at radius 2 is 2.00 bits per heavy atom. The largest absolute Gasteiger partial charge is 0.496 e. The van der Waals surface area contributed by atoms with Gasteiger partial charge in [0, 0.05) is 31.4 Å². The van der Waals surface area contributed by atoms with Gasteiger partial charge in [0.15, 0.2) is 0 Å². The highest BCUT2D eigenvalue weighted by molar-refractivity contribution is 5.83. The van der Waals surface area contributed by atoms with Crippen LogP contribution in [0.3, 0.4) is 0 Å². The lowest BCUT2D eigenvalue weighted by Gasteiger charge is -2.36. The number of methoxy groups -OCH3 is 1. The summed E-state index contributed by atoms with van der Waals surface area (Å²) in [5, 5.41) is 3.28. The number of hydrogen-bond acceptors (Lipinski definition) is 4. The zero-order valence-electron chi connectivity index (χ0n) is 19.4. The summed E-state index contributed by atoms with van der Waals surface area (Å²) in [4.78, 5) is 15.9. The number of carbonyl (C=O) groups excluding carboxylic acids is 1. The number of benzene rings is 2. The van der Waals surface area contributed by atoms with Crippen LogP contribution in [0.2, 0.25) is 0 Å². The SMILES string of the molecule is COc1ccccc1-c1cccc(CC2(C(=O)NCC[C@H]3CCCN3C)CCOCC2)c1. The third-order valence-electron chi connectivity index (χ3n) is 7.25. The van der Waals surface area contributed by atoms with Gasteiger partial charge in [-0.3, -0.25) is 4.79 Å². The van der Waals surface area contributed by atoms with Crippen LogP contribution >= 0.6 is 0 Å². The van der Waals surface area contributed by atoms with Crippen molar-refractivity contribution in [2.24, 2.45) is 5.41 Å². The first-order valence-corrected chi connectivity index (χ1v) is 11.9. The highest BCUT2D eigenvalue weighted by Crippen LogP contribution is 2.37. The van der Waals surface area contributed by atoms with E-state index in [4.69, 9.17) is 9.47 Å². The molecule has 2 fully saturated rings. The lowest BCUT2D eigenvalue weighted by Crippen LogP contribution is -2.47. The maximum absolute atomic E-state index is 13.4. The average Bonchev–Trinajstić information content (AvgIpc) is 3.24. The highest BCUT2D eigenvalue weighted by Gasteiger charge is 2.40. The highest BCUT2D eigenvalue weighted by atomic mass is 16.5. The van der Waals surface area contributed by atoms with E-state index in [2.05, 4.69) is 47.6 Å². The molecule has 1 atom stereocenters. The van der Waals surface area contributed by atoms with Crippen LogP contribution in [0.25, 0.3) is 11.1 Å². The summed E-state index contributed by atoms with van der Waals surface area (Å²) < 4.78 is 11.2. The van der Waals surface area contributed by atoms with Crippen LogP contribution in [0.4, 0.5) is 0 Å². The molecule has 5 heteroatoms. The Bertz CT molecular complexity index is 907. The van der Waals surface area contributed by atoms with Crippen LogP contribution in [-0.2, 0) is 16.0 Å². The van der Waals surface area contributed by atoms with Crippen molar-refractivity contribution in [3.63, 3.8) is 0 Å². The van der Waals surface area contributed by atoms with E-state index in [0.29, 0.717) is 19.3 Å². The molecule has 0 saturated carbocycles. The van der Waals surface area contributed by atoms with Crippen LogP contribution in [0.5, 0.6) is 5.75 Å². The first kappa shape index (κ1) is 22.8. The number of nitrogens with zero attached hydrogens (tertiary/aromatic N) is 1. The van der Waals surface area contributed by atoms with Gasteiger partial charge in [0.2, 0.25) is 5.91 Å². The van der Waals surface area contributed by atoms with E-state index >= 15 is 0 Å². The summed E-state index contributed by atoms with van der Waals surface area (Å²) in [7, 11) is 3.89. The molecular formula is C27H36N2O3. The summed E-state index contributed by atoms with van der Waals surface area (Å²) in [6.45, 7) is 3.20. The van der Waals surface area contributed by atoms with Crippen molar-refractivity contribution in [2.75, 3.05) is 40.5 Å². The van der Waals surface area contributed by atoms with Gasteiger partial charge in [-0.05, 0) is 69.3 Å². The predicted molar refractivity (Wildman–Crippen MR) is 128 cm³/mol. The number of para-hydroxylation sites is 1. The van der Waals surface area contributed by atoms with E-state index in [-0.39, 0.29) is 5.91 Å². The van der Waals surface area contributed by atoms with Crippen molar-refractivity contribution in [1.29, 1.82) is 0 Å². The number of nitrogens with one attached hydrogen (secondary N) is 1. The van der Waals surface area contributed by atoms with E-state index in [9.17, 15) is 4.79 Å². The van der Waals surface area contributed by atoms with Gasteiger partial charge < -0.3 is 19.7 Å². The standard InChI is InChI=1S/C27H36N2O3/c1-29-16-6-9-23(29)12-15-28-26(30)27(13-17-32-18-14-27)20-21-7-5-8-22(19-21)24-10-3-4-11-25(24)31-2/h3-5,7-8,10-11,19,23H,6,9,12-18,20H2,1-2H3,(H,28,30)/t23-/m1/s1. The third kappa shape index (κ3) is 5.16. The fourth-order valence-corrected chi connectivity index (χ4v) is 5.25. The Balaban J connectivity index is 1.48. The lowest BCUT2D eigenvalue weighted by molar-refractivity contribution is -0.136. The van der Waals surface area contributed by atoms with Gasteiger partial charge >= 0.3 is 0 Å². The van der Waals surface area contributed by atoms with Crippen molar-refractivity contribution < 1.29 is 14.3 Å². The van der Waals surface area contributed by atoms with Crippen LogP contribution in [0.1, 0.15) is 37.7 Å². The van der Waals surface area contributed by atoms with Crippen LogP contribution in [-0.4, -0.2) is 57.3 Å². The summed E-state index contributed by atoms with van der Waals surface area (Å²) in [5.41, 5.74) is 2.97. The molecule has 172 valence electrons. The second kappa shape index (κ2) is 10.5. The normalized spacial score (nSPS) is 20.8. The van der Waals surface area contributed by atoms with Crippen LogP contribution in [0, 0.1) is 5.41 Å². The van der Waals surface area contributed by atoms with Gasteiger partial charge in [0.1, 0.15) is 5.75 Å². The van der Waals surface area contributed by atoms with Crippen molar-refractivity contribution in [3.05, 3.63) is 54.1 Å². The summed E-state index contributed by atoms with van der Waals surface area (Å²) in [6, 6.07) is 17.2. The van der Waals surface area contributed by atoms with E-state index in [1.807, 2.05) is 18.2 Å². The Labute approximate surface area is 192 Å². The van der Waals surface area contributed by atoms with E-state index in [0.717, 1.165) is 49.1 Å². The monoisotopic (exact) mass is 436 g/mol. The summed E-state index contributed by atoms with van der Waals surface area (Å²) in [5.74, 6) is 1.05. The molecule has 2 aliphatic rings. The number of hydrogen-bond donors (Lipinski definition) is 1. The van der Waals surface area contributed by atoms with Crippen molar-refractivity contribution in [1.82, 2.24) is 10.2 Å². The lowest BCUT2D eigenvalue weighted by atomic mass is 9.74. The smallest absolute Gasteiger partial charge is 0.226 e. The molecule has 5 nitrogen and oxygen atoms in total. The van der Waals surface area contributed by atoms with E-state index < -0.39 is 5.41 Å². The molecule has 0 spiro atoms. The number of likely N-dealkylation sites (tertiary alicyclic amines) is 1. The van der Waals surface area contributed by atoms with Crippen LogP contribution < -0.4 is 10.1 Å². The predicted octanol–water partition coefficient (Wildman–Crippen LogP) is 4.30. The number of carbonyl (C=O) groups is 1. The van der Waals surface area contributed by atoms with Gasteiger partial charge in [0.25, 0.3) is 0 Å². The van der Waals surface area contributed by atoms with Gasteiger partial charge in [-0.1, -0.05) is 42.5 Å². The molecular weight excluding hydrogens is 400 g/mol. The first-order valence-electron chi connectivity index (χ1n) is 11.9. The minimum atomic E-state index is -0.404. The zero-order valence-corrected chi connectivity index (χ0v) is 19.4. The van der Waals surface area contributed by atoms with Gasteiger partial charge in [0.05, 0.1) is 12.5 Å². The number of amides is 1. The Kier molecular flexibility index (Phi) is 7.48. The second-order valence-electron chi connectivity index (χ2n) is 9.29. The van der Waals surface area contributed by atoms with Gasteiger partial charge in [-0.15, -0.1) is 0 Å². The van der Waals surface area contributed by atoms with Gasteiger partial charge in [-0.2, -0.15) is 0 Å². The van der Waals surface area contributed by atoms with Crippen molar-refractivity contribution in [3.8, 4) is 16.9 Å². The first-order chi connectivity index (χ1) is 15.6. The van der Waals surface area contributed by atoms with Crippen molar-refractivity contribution >= 4 is 5.91 Å². The molecule has 2 saturated heterocycles. The summed E-state index contributed by atoms with van der Waals surface area (Å²) >= 11 is 0. The molecule has 32 heavy (non-hydrogen) atoms. The molecule has 2 aromatic carbocycles. The Hall–Kier alpha value is -2.37. The molecule has 1 N–H and O–H groups in total. The van der Waals surface area contributed by atoms with Gasteiger partial charge in [-0.25, -0.2) is 0 Å². The molecule has 0 aliphatic carbocycles. The maximum atomic E-state index is 13.4.